The van der Waals surface area contributed by atoms with E-state index < -0.39 is 17.9 Å². The minimum Gasteiger partial charge on any atom is -0.480 e. The third kappa shape index (κ3) is 7.59. The predicted molar refractivity (Wildman–Crippen MR) is 94.5 cm³/mol. The van der Waals surface area contributed by atoms with Crippen LogP contribution in [0.4, 0.5) is 0 Å². The summed E-state index contributed by atoms with van der Waals surface area (Å²) in [5.74, 6) is -1.68. The van der Waals surface area contributed by atoms with E-state index >= 15 is 0 Å². The van der Waals surface area contributed by atoms with Crippen molar-refractivity contribution in [3.05, 3.63) is 34.3 Å². The quantitative estimate of drug-likeness (QED) is 0.593. The van der Waals surface area contributed by atoms with Crippen LogP contribution in [0.3, 0.4) is 0 Å². The van der Waals surface area contributed by atoms with E-state index in [0.717, 1.165) is 10.0 Å². The number of halogens is 1. The number of nitrogens with one attached hydrogen (secondary N) is 2. The van der Waals surface area contributed by atoms with E-state index in [2.05, 4.69) is 26.6 Å². The first kappa shape index (κ1) is 20.2. The fraction of sp³-hybridized carbons (Fsp3) is 0.471. The number of carboxylic acid groups (broad SMARTS) is 1. The average molecular weight is 399 g/mol. The molecule has 0 aliphatic carbocycles. The van der Waals surface area contributed by atoms with Gasteiger partial charge in [-0.3, -0.25) is 9.59 Å². The Kier molecular flexibility index (Phi) is 8.46. The van der Waals surface area contributed by atoms with Gasteiger partial charge in [-0.2, -0.15) is 0 Å². The van der Waals surface area contributed by atoms with Crippen molar-refractivity contribution in [1.29, 1.82) is 0 Å². The maximum atomic E-state index is 11.8. The molecule has 0 aliphatic rings. The van der Waals surface area contributed by atoms with Crippen LogP contribution in [0.5, 0.6) is 0 Å². The Hall–Kier alpha value is -1.89. The van der Waals surface area contributed by atoms with Crippen LogP contribution in [0, 0.1) is 5.92 Å². The number of carboxylic acids is 1. The monoisotopic (exact) mass is 398 g/mol. The maximum absolute atomic E-state index is 11.8. The van der Waals surface area contributed by atoms with Crippen LogP contribution < -0.4 is 10.6 Å². The first-order valence-corrected chi connectivity index (χ1v) is 8.61. The summed E-state index contributed by atoms with van der Waals surface area (Å²) >= 11 is 3.42. The van der Waals surface area contributed by atoms with Crippen molar-refractivity contribution in [3.8, 4) is 0 Å². The highest BCUT2D eigenvalue weighted by Crippen LogP contribution is 2.17. The summed E-state index contributed by atoms with van der Waals surface area (Å²) in [7, 11) is 0. The predicted octanol–water partition coefficient (Wildman–Crippen LogP) is 2.11. The lowest BCUT2D eigenvalue weighted by Gasteiger charge is -2.16. The zero-order chi connectivity index (χ0) is 18.1. The lowest BCUT2D eigenvalue weighted by Crippen LogP contribution is -2.46. The molecule has 7 heteroatoms. The summed E-state index contributed by atoms with van der Waals surface area (Å²) < 4.78 is 0.938. The Balaban J connectivity index is 2.36. The van der Waals surface area contributed by atoms with Crippen molar-refractivity contribution in [2.24, 2.45) is 5.92 Å². The van der Waals surface area contributed by atoms with Crippen LogP contribution in [0.25, 0.3) is 0 Å². The normalized spacial score (nSPS) is 11.8. The lowest BCUT2D eigenvalue weighted by atomic mass is 10.0. The maximum Gasteiger partial charge on any atom is 0.326 e. The molecule has 2 amide bonds. The van der Waals surface area contributed by atoms with Gasteiger partial charge in [-0.1, -0.05) is 48.0 Å². The molecule has 132 valence electrons. The van der Waals surface area contributed by atoms with Crippen molar-refractivity contribution in [1.82, 2.24) is 10.6 Å². The molecule has 0 aromatic heterocycles. The average Bonchev–Trinajstić information content (AvgIpc) is 2.51. The van der Waals surface area contributed by atoms with Gasteiger partial charge in [-0.15, -0.1) is 0 Å². The van der Waals surface area contributed by atoms with Gasteiger partial charge < -0.3 is 15.7 Å². The molecule has 24 heavy (non-hydrogen) atoms. The van der Waals surface area contributed by atoms with Gasteiger partial charge in [0.05, 0.1) is 6.54 Å². The largest absolute Gasteiger partial charge is 0.480 e. The van der Waals surface area contributed by atoms with Crippen LogP contribution in [-0.4, -0.2) is 35.5 Å². The van der Waals surface area contributed by atoms with Crippen molar-refractivity contribution in [2.45, 2.75) is 39.2 Å². The fourth-order valence-corrected chi connectivity index (χ4v) is 2.64. The molecular formula is C17H23BrN2O4. The first-order valence-electron chi connectivity index (χ1n) is 7.82. The topological polar surface area (TPSA) is 95.5 Å². The standard InChI is InChI=1S/C17H23BrN2O4/c1-11(2)9-14(17(23)24)20-16(22)10-19-15(21)8-7-12-5-3-4-6-13(12)18/h3-6,11,14H,7-10H2,1-2H3,(H,19,21)(H,20,22)(H,23,24)/t14-/m0/s1. The second kappa shape index (κ2) is 10.1. The molecule has 0 heterocycles. The molecule has 1 aromatic rings. The van der Waals surface area contributed by atoms with Crippen molar-refractivity contribution in [2.75, 3.05) is 6.54 Å². The lowest BCUT2D eigenvalue weighted by molar-refractivity contribution is -0.142. The molecule has 1 atom stereocenters. The highest BCUT2D eigenvalue weighted by Gasteiger charge is 2.21. The smallest absolute Gasteiger partial charge is 0.326 e. The summed E-state index contributed by atoms with van der Waals surface area (Å²) in [4.78, 5) is 34.7. The summed E-state index contributed by atoms with van der Waals surface area (Å²) in [5.41, 5.74) is 1.01. The zero-order valence-electron chi connectivity index (χ0n) is 13.8. The van der Waals surface area contributed by atoms with Gasteiger partial charge in [0.1, 0.15) is 6.04 Å². The third-order valence-electron chi connectivity index (χ3n) is 3.37. The number of aryl methyl sites for hydroxylation is 1. The second-order valence-corrected chi connectivity index (χ2v) is 6.81. The SMILES string of the molecule is CC(C)C[C@H](NC(=O)CNC(=O)CCc1ccccc1Br)C(=O)O. The minimum absolute atomic E-state index is 0.144. The van der Waals surface area contributed by atoms with Crippen LogP contribution in [0.2, 0.25) is 0 Å². The van der Waals surface area contributed by atoms with Crippen LogP contribution >= 0.6 is 15.9 Å². The number of aliphatic carboxylic acids is 1. The summed E-state index contributed by atoms with van der Waals surface area (Å²) in [5, 5.41) is 14.0. The Morgan fingerprint density at radius 3 is 2.42 bits per heavy atom. The number of carbonyl (C=O) groups excluding carboxylic acids is 2. The molecule has 0 saturated heterocycles. The summed E-state index contributed by atoms with van der Waals surface area (Å²) in [6, 6.07) is 6.68. The molecule has 0 unspecified atom stereocenters. The Morgan fingerprint density at radius 2 is 1.83 bits per heavy atom. The van der Waals surface area contributed by atoms with Crippen LogP contribution in [-0.2, 0) is 20.8 Å². The van der Waals surface area contributed by atoms with Gasteiger partial charge in [0.2, 0.25) is 11.8 Å². The molecule has 0 saturated carbocycles. The number of benzene rings is 1. The molecule has 3 N–H and O–H groups in total. The van der Waals surface area contributed by atoms with Gasteiger partial charge in [0.25, 0.3) is 0 Å². The number of hydrogen-bond acceptors (Lipinski definition) is 3. The van der Waals surface area contributed by atoms with E-state index in [1.165, 1.54) is 0 Å². The molecular weight excluding hydrogens is 376 g/mol. The molecule has 0 fully saturated rings. The van der Waals surface area contributed by atoms with Crippen molar-refractivity contribution < 1.29 is 19.5 Å². The number of amides is 2. The molecule has 0 spiro atoms. The number of rotatable bonds is 9. The van der Waals surface area contributed by atoms with E-state index in [9.17, 15) is 14.4 Å². The molecule has 1 rings (SSSR count). The minimum atomic E-state index is -1.07. The first-order chi connectivity index (χ1) is 11.3. The van der Waals surface area contributed by atoms with E-state index in [1.54, 1.807) is 0 Å². The van der Waals surface area contributed by atoms with Gasteiger partial charge in [0.15, 0.2) is 0 Å². The molecule has 1 aromatic carbocycles. The van der Waals surface area contributed by atoms with Crippen molar-refractivity contribution in [3.63, 3.8) is 0 Å². The van der Waals surface area contributed by atoms with E-state index in [1.807, 2.05) is 38.1 Å². The highest BCUT2D eigenvalue weighted by atomic mass is 79.9. The van der Waals surface area contributed by atoms with Crippen molar-refractivity contribution >= 4 is 33.7 Å². The zero-order valence-corrected chi connectivity index (χ0v) is 15.4. The molecule has 0 radical (unpaired) electrons. The third-order valence-corrected chi connectivity index (χ3v) is 4.14. The van der Waals surface area contributed by atoms with Gasteiger partial charge in [0, 0.05) is 10.9 Å². The van der Waals surface area contributed by atoms with Crippen LogP contribution in [0.1, 0.15) is 32.3 Å². The highest BCUT2D eigenvalue weighted by molar-refractivity contribution is 9.10. The Morgan fingerprint density at radius 1 is 1.17 bits per heavy atom. The van der Waals surface area contributed by atoms with E-state index in [-0.39, 0.29) is 24.8 Å². The van der Waals surface area contributed by atoms with Crippen LogP contribution in [0.15, 0.2) is 28.7 Å². The molecule has 6 nitrogen and oxygen atoms in total. The summed E-state index contributed by atoms with van der Waals surface area (Å²) in [6.07, 6.45) is 1.15. The van der Waals surface area contributed by atoms with Gasteiger partial charge in [-0.25, -0.2) is 4.79 Å². The second-order valence-electron chi connectivity index (χ2n) is 5.96. The Bertz CT molecular complexity index is 590. The molecule has 0 aliphatic heterocycles. The van der Waals surface area contributed by atoms with Gasteiger partial charge >= 0.3 is 5.97 Å². The Labute approximate surface area is 150 Å². The van der Waals surface area contributed by atoms with Gasteiger partial charge in [-0.05, 0) is 30.4 Å². The fourth-order valence-electron chi connectivity index (χ4n) is 2.15. The summed E-state index contributed by atoms with van der Waals surface area (Å²) in [6.45, 7) is 3.54. The number of hydrogen-bond donors (Lipinski definition) is 3. The number of carbonyl (C=O) groups is 3. The molecule has 0 bridgehead atoms. The van der Waals surface area contributed by atoms with E-state index in [4.69, 9.17) is 5.11 Å². The van der Waals surface area contributed by atoms with E-state index in [0.29, 0.717) is 12.8 Å².